The van der Waals surface area contributed by atoms with Crippen molar-refractivity contribution in [2.45, 2.75) is 6.61 Å². The predicted octanol–water partition coefficient (Wildman–Crippen LogP) is 4.79. The van der Waals surface area contributed by atoms with Gasteiger partial charge >= 0.3 is 0 Å². The second-order valence-corrected chi connectivity index (χ2v) is 6.20. The lowest BCUT2D eigenvalue weighted by atomic mass is 10.2. The van der Waals surface area contributed by atoms with Gasteiger partial charge in [0, 0.05) is 18.3 Å². The fraction of sp³-hybridized carbons (Fsp3) is 0.136. The molecule has 0 fully saturated rings. The molecular formula is C22H20FN3O. The number of nitrogens with zero attached hydrogens (tertiary/aromatic N) is 2. The molecule has 27 heavy (non-hydrogen) atoms. The molecule has 0 aliphatic heterocycles. The van der Waals surface area contributed by atoms with Crippen molar-refractivity contribution < 1.29 is 9.13 Å². The number of benzene rings is 3. The van der Waals surface area contributed by atoms with Gasteiger partial charge in [0.2, 0.25) is 5.95 Å². The zero-order chi connectivity index (χ0) is 18.5. The first-order chi connectivity index (χ1) is 13.3. The van der Waals surface area contributed by atoms with Gasteiger partial charge in [-0.2, -0.15) is 0 Å². The number of aromatic nitrogens is 2. The van der Waals surface area contributed by atoms with Crippen molar-refractivity contribution >= 4 is 17.0 Å². The van der Waals surface area contributed by atoms with E-state index < -0.39 is 0 Å². The molecule has 1 N–H and O–H groups in total. The second kappa shape index (κ2) is 8.01. The average Bonchev–Trinajstić information content (AvgIpc) is 3.06. The van der Waals surface area contributed by atoms with Crippen LogP contribution in [0, 0.1) is 5.82 Å². The highest BCUT2D eigenvalue weighted by atomic mass is 19.1. The summed E-state index contributed by atoms with van der Waals surface area (Å²) in [5, 5.41) is 3.31. The molecular weight excluding hydrogens is 341 g/mol. The summed E-state index contributed by atoms with van der Waals surface area (Å²) in [6.45, 7) is 1.72. The molecule has 4 rings (SSSR count). The fourth-order valence-electron chi connectivity index (χ4n) is 3.00. The highest BCUT2D eigenvalue weighted by Gasteiger charge is 2.12. The van der Waals surface area contributed by atoms with Gasteiger partial charge in [-0.1, -0.05) is 48.5 Å². The summed E-state index contributed by atoms with van der Waals surface area (Å²) in [6.07, 6.45) is 0. The van der Waals surface area contributed by atoms with Crippen LogP contribution in [0.4, 0.5) is 10.3 Å². The van der Waals surface area contributed by atoms with Crippen molar-refractivity contribution in [2.24, 2.45) is 0 Å². The zero-order valence-electron chi connectivity index (χ0n) is 14.8. The Morgan fingerprint density at radius 3 is 2.44 bits per heavy atom. The van der Waals surface area contributed by atoms with Crippen LogP contribution in [0.2, 0.25) is 0 Å². The van der Waals surface area contributed by atoms with Crippen LogP contribution < -0.4 is 5.32 Å². The molecule has 4 aromatic rings. The largest absolute Gasteiger partial charge is 0.375 e. The summed E-state index contributed by atoms with van der Waals surface area (Å²) in [5.74, 6) is 0.391. The Kier molecular flexibility index (Phi) is 5.12. The number of rotatable bonds is 7. The lowest BCUT2D eigenvalue weighted by molar-refractivity contribution is 0.130. The van der Waals surface area contributed by atoms with Crippen molar-refractivity contribution in [2.75, 3.05) is 18.5 Å². The first-order valence-electron chi connectivity index (χ1n) is 8.90. The quantitative estimate of drug-likeness (QED) is 0.481. The number of hydrogen-bond acceptors (Lipinski definition) is 3. The number of imidazole rings is 1. The summed E-state index contributed by atoms with van der Waals surface area (Å²) in [7, 11) is 0. The molecule has 0 spiro atoms. The molecule has 0 amide bonds. The Labute approximate surface area is 157 Å². The average molecular weight is 361 g/mol. The lowest BCUT2D eigenvalue weighted by Gasteiger charge is -2.11. The number of anilines is 1. The monoisotopic (exact) mass is 361 g/mol. The summed E-state index contributed by atoms with van der Waals surface area (Å²) in [5.41, 5.74) is 3.55. The number of halogens is 1. The number of ether oxygens (including phenoxy) is 1. The molecule has 4 nitrogen and oxygen atoms in total. The van der Waals surface area contributed by atoms with E-state index in [0.29, 0.717) is 25.7 Å². The maximum atomic E-state index is 13.8. The first kappa shape index (κ1) is 17.2. The number of hydrogen-bond donors (Lipinski definition) is 1. The molecule has 0 aliphatic rings. The van der Waals surface area contributed by atoms with E-state index in [9.17, 15) is 4.39 Å². The highest BCUT2D eigenvalue weighted by molar-refractivity contribution is 5.81. The van der Waals surface area contributed by atoms with Gasteiger partial charge in [-0.25, -0.2) is 9.37 Å². The van der Waals surface area contributed by atoms with E-state index >= 15 is 0 Å². The topological polar surface area (TPSA) is 39.1 Å². The van der Waals surface area contributed by atoms with Crippen molar-refractivity contribution in [1.29, 1.82) is 0 Å². The third kappa shape index (κ3) is 3.99. The molecule has 0 radical (unpaired) electrons. The SMILES string of the molecule is Fc1ccc2nc(NCCOCc3ccccc3)n(-c3ccccc3)c2c1. The molecule has 5 heteroatoms. The van der Waals surface area contributed by atoms with Crippen LogP contribution in [-0.2, 0) is 11.3 Å². The van der Waals surface area contributed by atoms with E-state index in [4.69, 9.17) is 4.74 Å². The van der Waals surface area contributed by atoms with E-state index in [1.165, 1.54) is 12.1 Å². The molecule has 0 aliphatic carbocycles. The summed E-state index contributed by atoms with van der Waals surface area (Å²) in [6, 6.07) is 24.5. The van der Waals surface area contributed by atoms with E-state index in [1.807, 2.05) is 65.2 Å². The molecule has 1 heterocycles. The van der Waals surface area contributed by atoms with E-state index in [1.54, 1.807) is 6.07 Å². The van der Waals surface area contributed by atoms with Crippen LogP contribution >= 0.6 is 0 Å². The van der Waals surface area contributed by atoms with E-state index in [-0.39, 0.29) is 5.82 Å². The molecule has 0 atom stereocenters. The standard InChI is InChI=1S/C22H20FN3O/c23-18-11-12-20-21(15-18)26(19-9-5-2-6-10-19)22(25-20)24-13-14-27-16-17-7-3-1-4-8-17/h1-12,15H,13-14,16H2,(H,24,25). The highest BCUT2D eigenvalue weighted by Crippen LogP contribution is 2.25. The van der Waals surface area contributed by atoms with Crippen LogP contribution in [0.5, 0.6) is 0 Å². The second-order valence-electron chi connectivity index (χ2n) is 6.20. The fourth-order valence-corrected chi connectivity index (χ4v) is 3.00. The van der Waals surface area contributed by atoms with Crippen molar-refractivity contribution in [1.82, 2.24) is 9.55 Å². The Balaban J connectivity index is 1.49. The third-order valence-electron chi connectivity index (χ3n) is 4.27. The lowest BCUT2D eigenvalue weighted by Crippen LogP contribution is -2.13. The number of para-hydroxylation sites is 1. The number of nitrogens with one attached hydrogen (secondary N) is 1. The van der Waals surface area contributed by atoms with E-state index in [2.05, 4.69) is 10.3 Å². The normalized spacial score (nSPS) is 11.0. The first-order valence-corrected chi connectivity index (χ1v) is 8.90. The van der Waals surface area contributed by atoms with Gasteiger partial charge in [-0.15, -0.1) is 0 Å². The Morgan fingerprint density at radius 2 is 1.67 bits per heavy atom. The van der Waals surface area contributed by atoms with Gasteiger partial charge in [-0.3, -0.25) is 4.57 Å². The van der Waals surface area contributed by atoms with Gasteiger partial charge in [0.1, 0.15) is 5.82 Å². The van der Waals surface area contributed by atoms with Gasteiger partial charge in [0.25, 0.3) is 0 Å². The maximum Gasteiger partial charge on any atom is 0.208 e. The maximum absolute atomic E-state index is 13.8. The molecule has 3 aromatic carbocycles. The summed E-state index contributed by atoms with van der Waals surface area (Å²) < 4.78 is 21.4. The molecule has 0 saturated heterocycles. The molecule has 0 unspecified atom stereocenters. The van der Waals surface area contributed by atoms with E-state index in [0.717, 1.165) is 22.3 Å². The minimum atomic E-state index is -0.280. The van der Waals surface area contributed by atoms with Crippen molar-refractivity contribution in [3.63, 3.8) is 0 Å². The predicted molar refractivity (Wildman–Crippen MR) is 106 cm³/mol. The van der Waals surface area contributed by atoms with Crippen LogP contribution in [0.25, 0.3) is 16.7 Å². The van der Waals surface area contributed by atoms with Gasteiger partial charge in [-0.05, 0) is 29.8 Å². The van der Waals surface area contributed by atoms with Crippen LogP contribution in [0.3, 0.4) is 0 Å². The smallest absolute Gasteiger partial charge is 0.208 e. The summed E-state index contributed by atoms with van der Waals surface area (Å²) >= 11 is 0. The Bertz CT molecular complexity index is 1020. The molecule has 0 bridgehead atoms. The Hall–Kier alpha value is -3.18. The van der Waals surface area contributed by atoms with Crippen molar-refractivity contribution in [3.8, 4) is 5.69 Å². The number of fused-ring (bicyclic) bond motifs is 1. The molecule has 136 valence electrons. The Morgan fingerprint density at radius 1 is 0.926 bits per heavy atom. The van der Waals surface area contributed by atoms with Gasteiger partial charge < -0.3 is 10.1 Å². The minimum absolute atomic E-state index is 0.280. The van der Waals surface area contributed by atoms with Crippen LogP contribution in [0.15, 0.2) is 78.9 Å². The van der Waals surface area contributed by atoms with Gasteiger partial charge in [0.05, 0.1) is 24.2 Å². The van der Waals surface area contributed by atoms with Crippen molar-refractivity contribution in [3.05, 3.63) is 90.2 Å². The minimum Gasteiger partial charge on any atom is -0.375 e. The van der Waals surface area contributed by atoms with Gasteiger partial charge in [0.15, 0.2) is 0 Å². The van der Waals surface area contributed by atoms with Crippen LogP contribution in [-0.4, -0.2) is 22.7 Å². The zero-order valence-corrected chi connectivity index (χ0v) is 14.8. The molecule has 1 aromatic heterocycles. The summed E-state index contributed by atoms with van der Waals surface area (Å²) in [4.78, 5) is 4.62. The third-order valence-corrected chi connectivity index (χ3v) is 4.27. The van der Waals surface area contributed by atoms with Crippen LogP contribution in [0.1, 0.15) is 5.56 Å². The molecule has 0 saturated carbocycles.